The molecule has 8 heteroatoms. The highest BCUT2D eigenvalue weighted by Crippen LogP contribution is 2.30. The Morgan fingerprint density at radius 3 is 2.37 bits per heavy atom. The number of benzene rings is 4. The summed E-state index contributed by atoms with van der Waals surface area (Å²) in [4.78, 5) is 25.4. The third kappa shape index (κ3) is 5.50. The number of amides is 1. The summed E-state index contributed by atoms with van der Waals surface area (Å²) in [7, 11) is 3.01. The van der Waals surface area contributed by atoms with Crippen molar-refractivity contribution in [3.05, 3.63) is 100 Å². The lowest BCUT2D eigenvalue weighted by Crippen LogP contribution is -2.17. The van der Waals surface area contributed by atoms with Gasteiger partial charge in [0.25, 0.3) is 5.91 Å². The zero-order chi connectivity index (χ0) is 24.8. The molecule has 0 spiro atoms. The highest BCUT2D eigenvalue weighted by Gasteiger charge is 2.16. The number of fused-ring (bicyclic) bond motifs is 1. The highest BCUT2D eigenvalue weighted by atomic mass is 79.9. The predicted octanol–water partition coefficient (Wildman–Crippen LogP) is 5.60. The molecule has 7 nitrogen and oxygen atoms in total. The molecule has 0 atom stereocenters. The quantitative estimate of drug-likeness (QED) is 0.145. The van der Waals surface area contributed by atoms with Crippen molar-refractivity contribution in [3.8, 4) is 17.2 Å². The zero-order valence-electron chi connectivity index (χ0n) is 18.9. The van der Waals surface area contributed by atoms with Gasteiger partial charge >= 0.3 is 5.97 Å². The molecule has 0 saturated heterocycles. The van der Waals surface area contributed by atoms with Crippen molar-refractivity contribution in [1.29, 1.82) is 0 Å². The summed E-state index contributed by atoms with van der Waals surface area (Å²) in [6.45, 7) is 0. The van der Waals surface area contributed by atoms with Crippen molar-refractivity contribution in [2.45, 2.75) is 0 Å². The Hall–Kier alpha value is -4.17. The second kappa shape index (κ2) is 10.8. The number of esters is 1. The Labute approximate surface area is 210 Å². The van der Waals surface area contributed by atoms with Crippen LogP contribution in [0, 0.1) is 0 Å². The molecule has 0 bridgehead atoms. The average molecular weight is 533 g/mol. The third-order valence-electron chi connectivity index (χ3n) is 5.20. The first kappa shape index (κ1) is 24.0. The Kier molecular flexibility index (Phi) is 7.42. The largest absolute Gasteiger partial charge is 0.493 e. The molecule has 0 fully saturated rings. The van der Waals surface area contributed by atoms with Crippen LogP contribution >= 0.6 is 15.9 Å². The molecule has 0 heterocycles. The molecular formula is C27H21BrN2O5. The third-order valence-corrected chi connectivity index (χ3v) is 5.69. The molecule has 35 heavy (non-hydrogen) atoms. The summed E-state index contributed by atoms with van der Waals surface area (Å²) in [5, 5.41) is 5.86. The number of carbonyl (C=O) groups excluding carboxylic acids is 2. The zero-order valence-corrected chi connectivity index (χ0v) is 20.5. The van der Waals surface area contributed by atoms with Crippen LogP contribution < -0.4 is 19.6 Å². The van der Waals surface area contributed by atoms with Crippen LogP contribution in [-0.4, -0.2) is 32.3 Å². The number of carbonyl (C=O) groups is 2. The lowest BCUT2D eigenvalue weighted by Gasteiger charge is -2.12. The monoisotopic (exact) mass is 532 g/mol. The fourth-order valence-electron chi connectivity index (χ4n) is 3.47. The molecule has 1 N–H and O–H groups in total. The van der Waals surface area contributed by atoms with Crippen molar-refractivity contribution < 1.29 is 23.8 Å². The molecule has 0 unspecified atom stereocenters. The summed E-state index contributed by atoms with van der Waals surface area (Å²) in [5.41, 5.74) is 3.81. The van der Waals surface area contributed by atoms with Crippen LogP contribution in [0.2, 0.25) is 0 Å². The van der Waals surface area contributed by atoms with E-state index in [0.717, 1.165) is 15.2 Å². The van der Waals surface area contributed by atoms with Crippen LogP contribution in [0.25, 0.3) is 10.8 Å². The van der Waals surface area contributed by atoms with E-state index in [-0.39, 0.29) is 5.91 Å². The lowest BCUT2D eigenvalue weighted by molar-refractivity contribution is 0.0734. The molecule has 0 aliphatic heterocycles. The van der Waals surface area contributed by atoms with E-state index in [4.69, 9.17) is 14.2 Å². The fraction of sp³-hybridized carbons (Fsp3) is 0.0741. The first-order valence-corrected chi connectivity index (χ1v) is 11.3. The SMILES string of the molecule is COc1ccc(C(=O)Oc2ccc3ccccc3c2/C=N/NC(=O)c2cccc(Br)c2)cc1OC. The van der Waals surface area contributed by atoms with Crippen molar-refractivity contribution in [3.63, 3.8) is 0 Å². The minimum atomic E-state index is -0.575. The van der Waals surface area contributed by atoms with Gasteiger partial charge in [0.2, 0.25) is 0 Å². The Balaban J connectivity index is 1.63. The Morgan fingerprint density at radius 2 is 1.60 bits per heavy atom. The number of halogens is 1. The Bertz CT molecular complexity index is 1430. The molecule has 4 rings (SSSR count). The van der Waals surface area contributed by atoms with E-state index in [9.17, 15) is 9.59 Å². The first-order valence-electron chi connectivity index (χ1n) is 10.5. The van der Waals surface area contributed by atoms with Crippen LogP contribution in [0.15, 0.2) is 88.4 Å². The van der Waals surface area contributed by atoms with Gasteiger partial charge in [0, 0.05) is 15.6 Å². The van der Waals surface area contributed by atoms with Crippen LogP contribution in [-0.2, 0) is 0 Å². The minimum absolute atomic E-state index is 0.293. The molecule has 0 saturated carbocycles. The van der Waals surface area contributed by atoms with E-state index in [1.165, 1.54) is 20.4 Å². The number of nitrogens with one attached hydrogen (secondary N) is 1. The van der Waals surface area contributed by atoms with E-state index in [0.29, 0.717) is 33.9 Å². The van der Waals surface area contributed by atoms with Crippen LogP contribution in [0.1, 0.15) is 26.3 Å². The number of nitrogens with zero attached hydrogens (tertiary/aromatic N) is 1. The number of rotatable bonds is 7. The molecule has 0 aromatic heterocycles. The summed E-state index contributed by atoms with van der Waals surface area (Å²) < 4.78 is 17.0. The summed E-state index contributed by atoms with van der Waals surface area (Å²) in [6, 6.07) is 22.9. The van der Waals surface area contributed by atoms with Crippen LogP contribution in [0.4, 0.5) is 0 Å². The van der Waals surface area contributed by atoms with Gasteiger partial charge in [-0.05, 0) is 53.2 Å². The second-order valence-electron chi connectivity index (χ2n) is 7.37. The van der Waals surface area contributed by atoms with Gasteiger partial charge in [-0.15, -0.1) is 0 Å². The number of hydrogen-bond acceptors (Lipinski definition) is 6. The number of hydrazone groups is 1. The normalized spacial score (nSPS) is 10.8. The Morgan fingerprint density at radius 1 is 0.829 bits per heavy atom. The van der Waals surface area contributed by atoms with E-state index in [2.05, 4.69) is 26.5 Å². The minimum Gasteiger partial charge on any atom is -0.493 e. The lowest BCUT2D eigenvalue weighted by atomic mass is 10.0. The van der Waals surface area contributed by atoms with Crippen molar-refractivity contribution in [2.24, 2.45) is 5.10 Å². The van der Waals surface area contributed by atoms with Crippen LogP contribution in [0.5, 0.6) is 17.2 Å². The molecule has 1 amide bonds. The van der Waals surface area contributed by atoms with Gasteiger partial charge in [0.15, 0.2) is 11.5 Å². The van der Waals surface area contributed by atoms with E-state index >= 15 is 0 Å². The van der Waals surface area contributed by atoms with Crippen LogP contribution in [0.3, 0.4) is 0 Å². The van der Waals surface area contributed by atoms with Crippen molar-refractivity contribution in [1.82, 2.24) is 5.43 Å². The second-order valence-corrected chi connectivity index (χ2v) is 8.28. The van der Waals surface area contributed by atoms with E-state index < -0.39 is 5.97 Å². The highest BCUT2D eigenvalue weighted by molar-refractivity contribution is 9.10. The molecule has 0 aliphatic carbocycles. The molecule has 4 aromatic carbocycles. The standard InChI is InChI=1S/C27H21BrN2O5/c1-33-24-13-11-19(15-25(24)34-2)27(32)35-23-12-10-17-6-3-4-9-21(17)22(23)16-29-30-26(31)18-7-5-8-20(28)14-18/h3-16H,1-2H3,(H,30,31)/b29-16+. The maximum atomic E-state index is 12.9. The average Bonchev–Trinajstić information content (AvgIpc) is 2.89. The summed E-state index contributed by atoms with van der Waals surface area (Å²) >= 11 is 3.35. The van der Waals surface area contributed by atoms with E-state index in [1.807, 2.05) is 36.4 Å². The molecule has 4 aromatic rings. The first-order chi connectivity index (χ1) is 17.0. The van der Waals surface area contributed by atoms with Gasteiger partial charge in [-0.1, -0.05) is 52.3 Å². The van der Waals surface area contributed by atoms with Gasteiger partial charge in [-0.25, -0.2) is 10.2 Å². The van der Waals surface area contributed by atoms with E-state index in [1.54, 1.807) is 42.5 Å². The molecule has 0 aliphatic rings. The summed E-state index contributed by atoms with van der Waals surface area (Å²) in [5.74, 6) is 0.269. The van der Waals surface area contributed by atoms with Gasteiger partial charge in [-0.2, -0.15) is 5.10 Å². The molecule has 0 radical (unpaired) electrons. The van der Waals surface area contributed by atoms with Crippen molar-refractivity contribution in [2.75, 3.05) is 14.2 Å². The number of ether oxygens (including phenoxy) is 3. The number of hydrogen-bond donors (Lipinski definition) is 1. The van der Waals surface area contributed by atoms with Gasteiger partial charge in [0.05, 0.1) is 26.0 Å². The van der Waals surface area contributed by atoms with Crippen molar-refractivity contribution >= 4 is 44.8 Å². The fourth-order valence-corrected chi connectivity index (χ4v) is 3.87. The predicted molar refractivity (Wildman–Crippen MR) is 138 cm³/mol. The maximum Gasteiger partial charge on any atom is 0.343 e. The topological polar surface area (TPSA) is 86.2 Å². The number of methoxy groups -OCH3 is 2. The molecular weight excluding hydrogens is 512 g/mol. The summed E-state index contributed by atoms with van der Waals surface area (Å²) in [6.07, 6.45) is 1.47. The molecule has 176 valence electrons. The maximum absolute atomic E-state index is 12.9. The van der Waals surface area contributed by atoms with Gasteiger partial charge in [0.1, 0.15) is 5.75 Å². The van der Waals surface area contributed by atoms with Gasteiger partial charge < -0.3 is 14.2 Å². The van der Waals surface area contributed by atoms with Gasteiger partial charge in [-0.3, -0.25) is 4.79 Å². The smallest absolute Gasteiger partial charge is 0.343 e.